The normalized spacial score (nSPS) is 15.5. The van der Waals surface area contributed by atoms with Crippen LogP contribution in [0.2, 0.25) is 0 Å². The molecule has 0 heteroatoms. The smallest absolute Gasteiger partial charge is 0.0215 e. The summed E-state index contributed by atoms with van der Waals surface area (Å²) in [6, 6.07) is 50.7. The van der Waals surface area contributed by atoms with Crippen molar-refractivity contribution >= 4 is 53.9 Å². The molecule has 2 aliphatic carbocycles. The van der Waals surface area contributed by atoms with Gasteiger partial charge in [0.1, 0.15) is 0 Å². The van der Waals surface area contributed by atoms with Crippen molar-refractivity contribution in [3.63, 3.8) is 0 Å². The molecule has 0 nitrogen and oxygen atoms in total. The van der Waals surface area contributed by atoms with Crippen molar-refractivity contribution in [3.8, 4) is 22.3 Å². The average molecular weight is 561 g/mol. The van der Waals surface area contributed by atoms with E-state index in [0.717, 1.165) is 0 Å². The zero-order valence-corrected chi connectivity index (χ0v) is 24.7. The van der Waals surface area contributed by atoms with Crippen molar-refractivity contribution in [1.29, 1.82) is 0 Å². The highest BCUT2D eigenvalue weighted by molar-refractivity contribution is 6.39. The molecule has 1 saturated carbocycles. The number of fused-ring (bicyclic) bond motifs is 16. The SMILES string of the molecule is c1ccc2c(c1)-c1ccc(-c3ccc4c5ccccc5c5c6ccccc6c6ccccc6c5c4c3)cc1C21CCCCC1. The monoisotopic (exact) mass is 560 g/mol. The standard InChI is InChI=1S/C44H32/c1-10-24-44(25-11-1)40-19-9-8-15-34(40)35-23-21-29(27-41(35)44)28-20-22-33-32-14-4-6-17-37(32)42-36-16-5-2-12-30(36)31-13-3-7-18-38(31)43(42)39(33)26-28/h2-9,12-23,26-27H,1,10-11,24-25H2. The summed E-state index contributed by atoms with van der Waals surface area (Å²) >= 11 is 0. The van der Waals surface area contributed by atoms with E-state index in [1.165, 1.54) is 108 Å². The number of rotatable bonds is 1. The third-order valence-corrected chi connectivity index (χ3v) is 11.0. The summed E-state index contributed by atoms with van der Waals surface area (Å²) in [6.45, 7) is 0. The Labute approximate surface area is 257 Å². The van der Waals surface area contributed by atoms with Crippen LogP contribution in [0.15, 0.2) is 133 Å². The van der Waals surface area contributed by atoms with Crippen LogP contribution in [0.4, 0.5) is 0 Å². The maximum atomic E-state index is 2.55. The highest BCUT2D eigenvalue weighted by Crippen LogP contribution is 2.56. The third-order valence-electron chi connectivity index (χ3n) is 11.0. The third kappa shape index (κ3) is 3.18. The highest BCUT2D eigenvalue weighted by Gasteiger charge is 2.43. The summed E-state index contributed by atoms with van der Waals surface area (Å²) in [5.74, 6) is 0. The van der Waals surface area contributed by atoms with Gasteiger partial charge >= 0.3 is 0 Å². The molecule has 0 amide bonds. The van der Waals surface area contributed by atoms with E-state index in [1.807, 2.05) is 0 Å². The lowest BCUT2D eigenvalue weighted by Crippen LogP contribution is -2.28. The molecule has 0 bridgehead atoms. The minimum absolute atomic E-state index is 0.162. The van der Waals surface area contributed by atoms with Crippen LogP contribution in [-0.4, -0.2) is 0 Å². The molecule has 0 radical (unpaired) electrons. The summed E-state index contributed by atoms with van der Waals surface area (Å²) in [6.07, 6.45) is 6.50. The number of hydrogen-bond donors (Lipinski definition) is 0. The van der Waals surface area contributed by atoms with E-state index < -0.39 is 0 Å². The molecule has 0 atom stereocenters. The zero-order chi connectivity index (χ0) is 28.8. The summed E-state index contributed by atoms with van der Waals surface area (Å²) in [7, 11) is 0. The molecule has 8 aromatic rings. The lowest BCUT2D eigenvalue weighted by molar-refractivity contribution is 0.353. The van der Waals surface area contributed by atoms with Crippen LogP contribution in [0.5, 0.6) is 0 Å². The maximum absolute atomic E-state index is 2.55. The molecule has 10 rings (SSSR count). The second kappa shape index (κ2) is 9.04. The first-order chi connectivity index (χ1) is 21.8. The summed E-state index contributed by atoms with van der Waals surface area (Å²) < 4.78 is 0. The predicted molar refractivity (Wildman–Crippen MR) is 189 cm³/mol. The van der Waals surface area contributed by atoms with Gasteiger partial charge in [-0.2, -0.15) is 0 Å². The lowest BCUT2D eigenvalue weighted by Gasteiger charge is -2.36. The van der Waals surface area contributed by atoms with Crippen molar-refractivity contribution in [3.05, 3.63) is 145 Å². The lowest BCUT2D eigenvalue weighted by atomic mass is 9.67. The first kappa shape index (κ1) is 24.5. The molecule has 0 unspecified atom stereocenters. The molecule has 0 aromatic heterocycles. The molecule has 44 heavy (non-hydrogen) atoms. The molecular formula is C44H32. The predicted octanol–water partition coefficient (Wildman–Crippen LogP) is 12.4. The number of benzene rings is 8. The molecule has 0 saturated heterocycles. The Morgan fingerprint density at radius 2 is 0.818 bits per heavy atom. The van der Waals surface area contributed by atoms with Gasteiger partial charge < -0.3 is 0 Å². The fourth-order valence-corrected chi connectivity index (χ4v) is 9.13. The fraction of sp³-hybridized carbons (Fsp3) is 0.136. The van der Waals surface area contributed by atoms with E-state index in [1.54, 1.807) is 11.1 Å². The van der Waals surface area contributed by atoms with Gasteiger partial charge in [0.05, 0.1) is 0 Å². The van der Waals surface area contributed by atoms with E-state index in [2.05, 4.69) is 133 Å². The molecule has 8 aromatic carbocycles. The van der Waals surface area contributed by atoms with E-state index in [-0.39, 0.29) is 5.41 Å². The van der Waals surface area contributed by atoms with E-state index in [0.29, 0.717) is 0 Å². The van der Waals surface area contributed by atoms with Crippen molar-refractivity contribution in [2.45, 2.75) is 37.5 Å². The van der Waals surface area contributed by atoms with Gasteiger partial charge in [0.25, 0.3) is 0 Å². The van der Waals surface area contributed by atoms with Crippen LogP contribution in [0, 0.1) is 0 Å². The maximum Gasteiger partial charge on any atom is 0.0215 e. The molecule has 0 N–H and O–H groups in total. The van der Waals surface area contributed by atoms with Gasteiger partial charge in [0.2, 0.25) is 0 Å². The highest BCUT2D eigenvalue weighted by atomic mass is 14.5. The van der Waals surface area contributed by atoms with E-state index in [9.17, 15) is 0 Å². The minimum atomic E-state index is 0.162. The topological polar surface area (TPSA) is 0 Å². The van der Waals surface area contributed by atoms with Crippen molar-refractivity contribution in [2.75, 3.05) is 0 Å². The Morgan fingerprint density at radius 3 is 1.48 bits per heavy atom. The quantitative estimate of drug-likeness (QED) is 0.175. The second-order valence-electron chi connectivity index (χ2n) is 13.1. The van der Waals surface area contributed by atoms with Gasteiger partial charge in [-0.3, -0.25) is 0 Å². The van der Waals surface area contributed by atoms with Crippen LogP contribution in [0.3, 0.4) is 0 Å². The van der Waals surface area contributed by atoms with E-state index in [4.69, 9.17) is 0 Å². The van der Waals surface area contributed by atoms with Crippen molar-refractivity contribution in [1.82, 2.24) is 0 Å². The van der Waals surface area contributed by atoms with Gasteiger partial charge in [0, 0.05) is 5.41 Å². The fourth-order valence-electron chi connectivity index (χ4n) is 9.13. The van der Waals surface area contributed by atoms with Crippen LogP contribution < -0.4 is 0 Å². The summed E-state index contributed by atoms with van der Waals surface area (Å²) in [4.78, 5) is 0. The van der Waals surface area contributed by atoms with Gasteiger partial charge in [-0.25, -0.2) is 0 Å². The minimum Gasteiger partial charge on any atom is -0.0619 e. The van der Waals surface area contributed by atoms with Gasteiger partial charge in [-0.1, -0.05) is 141 Å². The average Bonchev–Trinajstić information content (AvgIpc) is 3.36. The van der Waals surface area contributed by atoms with E-state index >= 15 is 0 Å². The molecule has 0 aliphatic heterocycles. The first-order valence-electron chi connectivity index (χ1n) is 16.2. The van der Waals surface area contributed by atoms with Crippen LogP contribution in [-0.2, 0) is 5.41 Å². The Balaban J connectivity index is 1.30. The Hall–Kier alpha value is -4.94. The van der Waals surface area contributed by atoms with Gasteiger partial charge in [-0.05, 0) is 112 Å². The molecule has 1 fully saturated rings. The van der Waals surface area contributed by atoms with Gasteiger partial charge in [-0.15, -0.1) is 0 Å². The Morgan fingerprint density at radius 1 is 0.341 bits per heavy atom. The molecule has 2 aliphatic rings. The summed E-state index contributed by atoms with van der Waals surface area (Å²) in [5.41, 5.74) is 8.80. The van der Waals surface area contributed by atoms with Crippen molar-refractivity contribution in [2.24, 2.45) is 0 Å². The number of hydrogen-bond acceptors (Lipinski definition) is 0. The molecule has 208 valence electrons. The second-order valence-corrected chi connectivity index (χ2v) is 13.1. The summed E-state index contributed by atoms with van der Waals surface area (Å²) in [5, 5.41) is 13.4. The molecule has 0 heterocycles. The van der Waals surface area contributed by atoms with Gasteiger partial charge in [0.15, 0.2) is 0 Å². The largest absolute Gasteiger partial charge is 0.0619 e. The first-order valence-corrected chi connectivity index (χ1v) is 16.2. The zero-order valence-electron chi connectivity index (χ0n) is 24.7. The van der Waals surface area contributed by atoms with Crippen LogP contribution in [0.1, 0.15) is 43.2 Å². The molecule has 1 spiro atoms. The Bertz CT molecular complexity index is 2450. The van der Waals surface area contributed by atoms with Crippen LogP contribution in [0.25, 0.3) is 76.1 Å². The Kier molecular flexibility index (Phi) is 5.03. The molecular weight excluding hydrogens is 528 g/mol. The van der Waals surface area contributed by atoms with Crippen LogP contribution >= 0.6 is 0 Å². The van der Waals surface area contributed by atoms with Crippen molar-refractivity contribution < 1.29 is 0 Å².